The molecule has 0 saturated heterocycles. The summed E-state index contributed by atoms with van der Waals surface area (Å²) in [5.41, 5.74) is 0. The van der Waals surface area contributed by atoms with Crippen molar-refractivity contribution in [1.82, 2.24) is 0 Å². The second kappa shape index (κ2) is 6.05. The smallest absolute Gasteiger partial charge is 0 e. The summed E-state index contributed by atoms with van der Waals surface area (Å²) in [6.07, 6.45) is 0. The van der Waals surface area contributed by atoms with Gasteiger partial charge in [0.1, 0.15) is 0 Å². The molecule has 0 aliphatic heterocycles. The summed E-state index contributed by atoms with van der Waals surface area (Å²) < 4.78 is 0. The molecular formula is C15H15Hf-3. The standard InChI is InChI=1S/C13H9.2CH3.Hf/c1-3-7-12-10(5-1)9-11-6-2-4-8-13(11)12;;;/h1-9H;2*1H3;/q3*-1;. The summed E-state index contributed by atoms with van der Waals surface area (Å²) in [6, 6.07) is 19.3. The van der Waals surface area contributed by atoms with E-state index < -0.39 is 0 Å². The van der Waals surface area contributed by atoms with E-state index in [1.165, 1.54) is 21.5 Å². The molecule has 0 unspecified atom stereocenters. The minimum Gasteiger partial charge on any atom is -0.358 e. The van der Waals surface area contributed by atoms with Crippen LogP contribution < -0.4 is 0 Å². The Kier molecular flexibility index (Phi) is 5.74. The molecule has 0 radical (unpaired) electrons. The van der Waals surface area contributed by atoms with Crippen LogP contribution in [0.1, 0.15) is 0 Å². The summed E-state index contributed by atoms with van der Waals surface area (Å²) in [4.78, 5) is 0. The summed E-state index contributed by atoms with van der Waals surface area (Å²) in [6.45, 7) is 0. The van der Waals surface area contributed by atoms with Crippen molar-refractivity contribution in [3.05, 3.63) is 69.5 Å². The maximum atomic E-state index is 2.24. The third kappa shape index (κ3) is 2.30. The fraction of sp³-hybridized carbons (Fsp3) is 0. The van der Waals surface area contributed by atoms with Crippen LogP contribution in [0.25, 0.3) is 21.5 Å². The summed E-state index contributed by atoms with van der Waals surface area (Å²) >= 11 is 0. The predicted octanol–water partition coefficient (Wildman–Crippen LogP) is 4.61. The third-order valence-corrected chi connectivity index (χ3v) is 2.52. The summed E-state index contributed by atoms with van der Waals surface area (Å²) in [5.74, 6) is 0. The summed E-state index contributed by atoms with van der Waals surface area (Å²) in [7, 11) is 0. The first-order valence-corrected chi connectivity index (χ1v) is 4.48. The molecule has 3 aromatic carbocycles. The average Bonchev–Trinajstić information content (AvgIpc) is 2.56. The molecule has 0 spiro atoms. The molecule has 0 aliphatic carbocycles. The first-order chi connectivity index (χ1) is 6.45. The fourth-order valence-corrected chi connectivity index (χ4v) is 1.90. The van der Waals surface area contributed by atoms with Crippen LogP contribution in [0.15, 0.2) is 54.6 Å². The number of hydrogen-bond acceptors (Lipinski definition) is 0. The van der Waals surface area contributed by atoms with Crippen molar-refractivity contribution in [3.63, 3.8) is 0 Å². The van der Waals surface area contributed by atoms with Gasteiger partial charge in [-0.2, -0.15) is 0 Å². The van der Waals surface area contributed by atoms with Gasteiger partial charge in [-0.15, -0.1) is 39.7 Å². The van der Waals surface area contributed by atoms with Crippen LogP contribution in [-0.4, -0.2) is 0 Å². The normalized spacial score (nSPS) is 9.00. The molecule has 0 atom stereocenters. The molecule has 0 saturated carbocycles. The number of hydrogen-bond donors (Lipinski definition) is 0. The molecule has 3 aromatic rings. The van der Waals surface area contributed by atoms with Crippen molar-refractivity contribution < 1.29 is 25.8 Å². The molecule has 0 N–H and O–H groups in total. The van der Waals surface area contributed by atoms with Crippen LogP contribution in [0.3, 0.4) is 0 Å². The monoisotopic (exact) mass is 375 g/mol. The SMILES string of the molecule is [CH3-].[CH3-].[Hf].c1ccc2c(c1)[cH-]c1ccccc12. The molecule has 0 nitrogen and oxygen atoms in total. The molecule has 82 valence electrons. The molecule has 0 heterocycles. The zero-order valence-electron chi connectivity index (χ0n) is 9.70. The second-order valence-corrected chi connectivity index (χ2v) is 3.32. The van der Waals surface area contributed by atoms with E-state index in [0.717, 1.165) is 0 Å². The number of benzene rings is 2. The van der Waals surface area contributed by atoms with Crippen LogP contribution in [-0.2, 0) is 25.8 Å². The van der Waals surface area contributed by atoms with Crippen molar-refractivity contribution in [1.29, 1.82) is 0 Å². The molecule has 0 aliphatic rings. The van der Waals surface area contributed by atoms with Crippen LogP contribution in [0.5, 0.6) is 0 Å². The third-order valence-electron chi connectivity index (χ3n) is 2.52. The van der Waals surface area contributed by atoms with Gasteiger partial charge in [-0.05, 0) is 0 Å². The molecule has 3 rings (SSSR count). The van der Waals surface area contributed by atoms with E-state index in [2.05, 4.69) is 54.6 Å². The van der Waals surface area contributed by atoms with Crippen LogP contribution >= 0.6 is 0 Å². The molecule has 0 amide bonds. The van der Waals surface area contributed by atoms with Crippen molar-refractivity contribution >= 4 is 21.5 Å². The van der Waals surface area contributed by atoms with Crippen LogP contribution in [0.4, 0.5) is 0 Å². The van der Waals surface area contributed by atoms with E-state index in [1.807, 2.05) is 0 Å². The zero-order valence-corrected chi connectivity index (χ0v) is 13.3. The van der Waals surface area contributed by atoms with Crippen molar-refractivity contribution in [2.24, 2.45) is 0 Å². The minimum atomic E-state index is 0. The van der Waals surface area contributed by atoms with Gasteiger partial charge < -0.3 is 14.9 Å². The van der Waals surface area contributed by atoms with Gasteiger partial charge in [0, 0.05) is 25.8 Å². The maximum Gasteiger partial charge on any atom is 0 e. The molecule has 0 fully saturated rings. The largest absolute Gasteiger partial charge is 0.358 e. The molecule has 1 heteroatoms. The van der Waals surface area contributed by atoms with Crippen LogP contribution in [0, 0.1) is 14.9 Å². The topological polar surface area (TPSA) is 0 Å². The molecule has 0 bridgehead atoms. The Hall–Kier alpha value is -0.820. The molecule has 0 aromatic heterocycles. The van der Waals surface area contributed by atoms with Gasteiger partial charge >= 0.3 is 0 Å². The zero-order chi connectivity index (χ0) is 8.67. The second-order valence-electron chi connectivity index (χ2n) is 3.32. The Labute approximate surface area is 116 Å². The maximum absolute atomic E-state index is 2.24. The van der Waals surface area contributed by atoms with Gasteiger partial charge in [-0.25, -0.2) is 0 Å². The van der Waals surface area contributed by atoms with Crippen molar-refractivity contribution in [2.45, 2.75) is 0 Å². The average molecular weight is 374 g/mol. The van der Waals surface area contributed by atoms with Gasteiger partial charge in [0.15, 0.2) is 0 Å². The van der Waals surface area contributed by atoms with E-state index in [-0.39, 0.29) is 40.7 Å². The number of fused-ring (bicyclic) bond motifs is 3. The number of rotatable bonds is 0. The van der Waals surface area contributed by atoms with Gasteiger partial charge in [-0.1, -0.05) is 36.4 Å². The van der Waals surface area contributed by atoms with Crippen molar-refractivity contribution in [2.75, 3.05) is 0 Å². The Morgan fingerprint density at radius 2 is 1.00 bits per heavy atom. The molecular weight excluding hydrogens is 359 g/mol. The Morgan fingerprint density at radius 1 is 0.625 bits per heavy atom. The van der Waals surface area contributed by atoms with Crippen LogP contribution in [0.2, 0.25) is 0 Å². The van der Waals surface area contributed by atoms with Gasteiger partial charge in [-0.3, -0.25) is 0 Å². The summed E-state index contributed by atoms with van der Waals surface area (Å²) in [5, 5.41) is 5.39. The van der Waals surface area contributed by atoms with E-state index in [9.17, 15) is 0 Å². The fourth-order valence-electron chi connectivity index (χ4n) is 1.90. The van der Waals surface area contributed by atoms with Gasteiger partial charge in [0.25, 0.3) is 0 Å². The van der Waals surface area contributed by atoms with E-state index in [1.54, 1.807) is 0 Å². The van der Waals surface area contributed by atoms with E-state index in [0.29, 0.717) is 0 Å². The van der Waals surface area contributed by atoms with Crippen molar-refractivity contribution in [3.8, 4) is 0 Å². The minimum absolute atomic E-state index is 0. The van der Waals surface area contributed by atoms with Gasteiger partial charge in [0.2, 0.25) is 0 Å². The predicted molar refractivity (Wildman–Crippen MR) is 69.9 cm³/mol. The Balaban J connectivity index is 0.000000750. The van der Waals surface area contributed by atoms with E-state index >= 15 is 0 Å². The van der Waals surface area contributed by atoms with Gasteiger partial charge in [0.05, 0.1) is 0 Å². The molecule has 16 heavy (non-hydrogen) atoms. The first kappa shape index (κ1) is 15.2. The van der Waals surface area contributed by atoms with E-state index in [4.69, 9.17) is 0 Å². The Morgan fingerprint density at radius 3 is 1.44 bits per heavy atom. The first-order valence-electron chi connectivity index (χ1n) is 4.48. The Bertz CT molecular complexity index is 513. The quantitative estimate of drug-likeness (QED) is 0.399.